The van der Waals surface area contributed by atoms with Crippen LogP contribution in [0.4, 0.5) is 5.69 Å². The number of anilines is 1. The van der Waals surface area contributed by atoms with Crippen molar-refractivity contribution in [1.82, 2.24) is 5.32 Å². The van der Waals surface area contributed by atoms with Gasteiger partial charge < -0.3 is 10.1 Å². The molecule has 0 spiro atoms. The van der Waals surface area contributed by atoms with Crippen LogP contribution in [0.2, 0.25) is 0 Å². The maximum absolute atomic E-state index is 13.0. The summed E-state index contributed by atoms with van der Waals surface area (Å²) in [6, 6.07) is 20.8. The van der Waals surface area contributed by atoms with E-state index < -0.39 is 10.0 Å². The Bertz CT molecular complexity index is 1200. The maximum Gasteiger partial charge on any atom is 0.264 e. The van der Waals surface area contributed by atoms with Gasteiger partial charge in [0.05, 0.1) is 23.7 Å². The first-order valence-corrected chi connectivity index (χ1v) is 12.7. The third-order valence-electron chi connectivity index (χ3n) is 5.70. The molecule has 0 unspecified atom stereocenters. The van der Waals surface area contributed by atoms with Gasteiger partial charge >= 0.3 is 0 Å². The predicted molar refractivity (Wildman–Crippen MR) is 136 cm³/mol. The number of nitrogens with zero attached hydrogens (tertiary/aromatic N) is 1. The van der Waals surface area contributed by atoms with Crippen LogP contribution in [-0.4, -0.2) is 28.5 Å². The van der Waals surface area contributed by atoms with E-state index in [4.69, 9.17) is 4.74 Å². The van der Waals surface area contributed by atoms with Crippen molar-refractivity contribution < 1.29 is 17.9 Å². The average molecular weight is 481 g/mol. The number of benzene rings is 3. The zero-order valence-corrected chi connectivity index (χ0v) is 21.1. The van der Waals surface area contributed by atoms with Crippen LogP contribution in [0.25, 0.3) is 0 Å². The van der Waals surface area contributed by atoms with Gasteiger partial charge in [0.15, 0.2) is 0 Å². The zero-order valence-electron chi connectivity index (χ0n) is 20.3. The lowest BCUT2D eigenvalue weighted by Gasteiger charge is -2.22. The Kier molecular flexibility index (Phi) is 7.99. The molecule has 1 N–H and O–H groups in total. The van der Waals surface area contributed by atoms with E-state index in [-0.39, 0.29) is 16.8 Å². The molecule has 0 aromatic heterocycles. The molecule has 6 nitrogen and oxygen atoms in total. The summed E-state index contributed by atoms with van der Waals surface area (Å²) in [5, 5.41) is 3.12. The molecule has 3 rings (SSSR count). The van der Waals surface area contributed by atoms with Crippen LogP contribution in [0.5, 0.6) is 5.75 Å². The van der Waals surface area contributed by atoms with E-state index >= 15 is 0 Å². The van der Waals surface area contributed by atoms with Crippen LogP contribution in [0.1, 0.15) is 47.8 Å². The fourth-order valence-corrected chi connectivity index (χ4v) is 4.85. The van der Waals surface area contributed by atoms with Crippen molar-refractivity contribution in [2.75, 3.05) is 18.5 Å². The second kappa shape index (κ2) is 10.7. The van der Waals surface area contributed by atoms with Crippen molar-refractivity contribution in [2.24, 2.45) is 5.92 Å². The molecule has 0 bridgehead atoms. The van der Waals surface area contributed by atoms with E-state index in [0.29, 0.717) is 17.2 Å². The number of sulfonamides is 1. The van der Waals surface area contributed by atoms with Crippen LogP contribution in [0.15, 0.2) is 77.7 Å². The largest absolute Gasteiger partial charge is 0.497 e. The molecule has 0 saturated carbocycles. The summed E-state index contributed by atoms with van der Waals surface area (Å²) < 4.78 is 32.4. The first kappa shape index (κ1) is 25.3. The predicted octanol–water partition coefficient (Wildman–Crippen LogP) is 5.35. The molecule has 0 saturated heterocycles. The van der Waals surface area contributed by atoms with Gasteiger partial charge in [-0.1, -0.05) is 43.7 Å². The standard InChI is InChI=1S/C27H32N2O4S/c1-19(2)18-26(21-10-14-24(33-5)15-11-21)28-27(30)22-8-12-23(13-9-22)29(4)34(31,32)25-16-6-20(3)7-17-25/h6-17,19,26H,18H2,1-5H3,(H,28,30)/t26-/m1/s1. The van der Waals surface area contributed by atoms with E-state index in [0.717, 1.165) is 23.3 Å². The Hall–Kier alpha value is -3.32. The first-order valence-electron chi connectivity index (χ1n) is 11.2. The fraction of sp³-hybridized carbons (Fsp3) is 0.296. The minimum atomic E-state index is -3.69. The molecule has 3 aromatic carbocycles. The van der Waals surface area contributed by atoms with E-state index in [1.807, 2.05) is 31.2 Å². The molecule has 180 valence electrons. The summed E-state index contributed by atoms with van der Waals surface area (Å²) in [5.41, 5.74) is 2.93. The summed E-state index contributed by atoms with van der Waals surface area (Å²) in [6.07, 6.45) is 0.785. The number of aryl methyl sites for hydroxylation is 1. The molecule has 0 heterocycles. The number of ether oxygens (including phenoxy) is 1. The van der Waals surface area contributed by atoms with Crippen molar-refractivity contribution in [2.45, 2.75) is 38.1 Å². The molecular weight excluding hydrogens is 448 g/mol. The summed E-state index contributed by atoms with van der Waals surface area (Å²) in [7, 11) is -0.567. The highest BCUT2D eigenvalue weighted by atomic mass is 32.2. The highest BCUT2D eigenvalue weighted by Crippen LogP contribution is 2.26. The molecule has 0 fully saturated rings. The minimum Gasteiger partial charge on any atom is -0.497 e. The van der Waals surface area contributed by atoms with E-state index in [1.165, 1.54) is 11.4 Å². The topological polar surface area (TPSA) is 75.7 Å². The monoisotopic (exact) mass is 480 g/mol. The molecular formula is C27H32N2O4S. The molecule has 3 aromatic rings. The first-order chi connectivity index (χ1) is 16.1. The summed E-state index contributed by atoms with van der Waals surface area (Å²) in [4.78, 5) is 13.2. The Labute approximate surface area is 202 Å². The highest BCUT2D eigenvalue weighted by molar-refractivity contribution is 7.92. The molecule has 7 heteroatoms. The smallest absolute Gasteiger partial charge is 0.264 e. The quantitative estimate of drug-likeness (QED) is 0.448. The number of carbonyl (C=O) groups excluding carboxylic acids is 1. The zero-order chi connectivity index (χ0) is 24.9. The van der Waals surface area contributed by atoms with Gasteiger partial charge in [0.2, 0.25) is 0 Å². The molecule has 1 amide bonds. The highest BCUT2D eigenvalue weighted by Gasteiger charge is 2.22. The Morgan fingerprint density at radius 1 is 0.941 bits per heavy atom. The second-order valence-electron chi connectivity index (χ2n) is 8.76. The van der Waals surface area contributed by atoms with E-state index in [9.17, 15) is 13.2 Å². The van der Waals surface area contributed by atoms with Crippen molar-refractivity contribution in [3.63, 3.8) is 0 Å². The Morgan fingerprint density at radius 3 is 2.06 bits per heavy atom. The van der Waals surface area contributed by atoms with Gasteiger partial charge in [-0.15, -0.1) is 0 Å². The number of methoxy groups -OCH3 is 1. The number of rotatable bonds is 9. The third kappa shape index (κ3) is 5.97. The van der Waals surface area contributed by atoms with E-state index in [2.05, 4.69) is 19.2 Å². The second-order valence-corrected chi connectivity index (χ2v) is 10.7. The third-order valence-corrected chi connectivity index (χ3v) is 7.50. The fourth-order valence-electron chi connectivity index (χ4n) is 3.66. The van der Waals surface area contributed by atoms with Crippen LogP contribution < -0.4 is 14.4 Å². The molecule has 1 atom stereocenters. The van der Waals surface area contributed by atoms with Gasteiger partial charge in [-0.25, -0.2) is 8.42 Å². The van der Waals surface area contributed by atoms with Crippen molar-refractivity contribution in [1.29, 1.82) is 0 Å². The lowest BCUT2D eigenvalue weighted by atomic mass is 9.96. The summed E-state index contributed by atoms with van der Waals surface area (Å²) >= 11 is 0. The van der Waals surface area contributed by atoms with Crippen LogP contribution in [0, 0.1) is 12.8 Å². The van der Waals surface area contributed by atoms with Crippen molar-refractivity contribution in [3.05, 3.63) is 89.5 Å². The van der Waals surface area contributed by atoms with Gasteiger partial charge in [0, 0.05) is 12.6 Å². The number of amides is 1. The maximum atomic E-state index is 13.0. The molecule has 34 heavy (non-hydrogen) atoms. The molecule has 0 radical (unpaired) electrons. The lowest BCUT2D eigenvalue weighted by molar-refractivity contribution is 0.0932. The molecule has 0 aliphatic carbocycles. The average Bonchev–Trinajstić information content (AvgIpc) is 2.83. The SMILES string of the molecule is COc1ccc([C@@H](CC(C)C)NC(=O)c2ccc(N(C)S(=O)(=O)c3ccc(C)cc3)cc2)cc1. The Balaban J connectivity index is 1.76. The van der Waals surface area contributed by atoms with Gasteiger partial charge in [-0.2, -0.15) is 0 Å². The lowest BCUT2D eigenvalue weighted by Crippen LogP contribution is -2.30. The van der Waals surface area contributed by atoms with Crippen LogP contribution >= 0.6 is 0 Å². The van der Waals surface area contributed by atoms with Gasteiger partial charge in [-0.3, -0.25) is 9.10 Å². The molecule has 0 aliphatic rings. The summed E-state index contributed by atoms with van der Waals surface area (Å²) in [6.45, 7) is 6.13. The Morgan fingerprint density at radius 2 is 1.53 bits per heavy atom. The van der Waals surface area contributed by atoms with Crippen molar-refractivity contribution in [3.8, 4) is 5.75 Å². The van der Waals surface area contributed by atoms with Gasteiger partial charge in [0.1, 0.15) is 5.75 Å². The minimum absolute atomic E-state index is 0.150. The normalized spacial score (nSPS) is 12.3. The van der Waals surface area contributed by atoms with Crippen LogP contribution in [-0.2, 0) is 10.0 Å². The number of hydrogen-bond acceptors (Lipinski definition) is 4. The number of carbonyl (C=O) groups is 1. The van der Waals surface area contributed by atoms with Gasteiger partial charge in [-0.05, 0) is 73.4 Å². The number of nitrogens with one attached hydrogen (secondary N) is 1. The number of hydrogen-bond donors (Lipinski definition) is 1. The summed E-state index contributed by atoms with van der Waals surface area (Å²) in [5.74, 6) is 0.936. The van der Waals surface area contributed by atoms with Crippen molar-refractivity contribution >= 4 is 21.6 Å². The van der Waals surface area contributed by atoms with E-state index in [1.54, 1.807) is 55.6 Å². The molecule has 0 aliphatic heterocycles. The van der Waals surface area contributed by atoms with Gasteiger partial charge in [0.25, 0.3) is 15.9 Å². The van der Waals surface area contributed by atoms with Crippen LogP contribution in [0.3, 0.4) is 0 Å².